The maximum Gasteiger partial charge on any atom is 0.207 e. The first-order chi connectivity index (χ1) is 8.31. The fourth-order valence-corrected chi connectivity index (χ4v) is 1.61. The van der Waals surface area contributed by atoms with Crippen molar-refractivity contribution >= 4 is 5.95 Å². The van der Waals surface area contributed by atoms with Crippen molar-refractivity contribution in [2.24, 2.45) is 0 Å². The average molecular weight is 235 g/mol. The molecule has 0 radical (unpaired) electrons. The molecule has 17 heavy (non-hydrogen) atoms. The number of methoxy groups -OCH3 is 1. The number of anilines is 1. The molecule has 0 spiro atoms. The van der Waals surface area contributed by atoms with Gasteiger partial charge in [0.05, 0.1) is 17.6 Å². The summed E-state index contributed by atoms with van der Waals surface area (Å²) in [7, 11) is 1.70. The molecular formula is C11H17N5O. The molecule has 0 aliphatic rings. The van der Waals surface area contributed by atoms with Crippen LogP contribution in [0.2, 0.25) is 0 Å². The van der Waals surface area contributed by atoms with Gasteiger partial charge in [-0.1, -0.05) is 0 Å². The largest absolute Gasteiger partial charge is 0.385 e. The smallest absolute Gasteiger partial charge is 0.207 e. The molecular weight excluding hydrogens is 218 g/mol. The Labute approximate surface area is 100 Å². The molecule has 0 saturated carbocycles. The van der Waals surface area contributed by atoms with E-state index in [0.29, 0.717) is 0 Å². The number of aromatic amines is 1. The maximum absolute atomic E-state index is 5.01. The summed E-state index contributed by atoms with van der Waals surface area (Å²) in [4.78, 5) is 4.43. The van der Waals surface area contributed by atoms with Gasteiger partial charge in [0.2, 0.25) is 5.95 Å². The molecule has 0 unspecified atom stereocenters. The number of aromatic nitrogens is 4. The summed E-state index contributed by atoms with van der Waals surface area (Å²) >= 11 is 0. The summed E-state index contributed by atoms with van der Waals surface area (Å²) in [5, 5.41) is 10.0. The normalized spacial score (nSPS) is 10.7. The molecule has 0 fully saturated rings. The van der Waals surface area contributed by atoms with Gasteiger partial charge >= 0.3 is 0 Å². The third-order valence-corrected chi connectivity index (χ3v) is 2.40. The number of nitrogens with zero attached hydrogens (tertiary/aromatic N) is 3. The van der Waals surface area contributed by atoms with Gasteiger partial charge in [-0.05, 0) is 13.3 Å². The standard InChI is InChI=1S/C11H17N5O/c1-9-8-16(10-6-13-14-7-10)11(15-9)12-4-3-5-17-2/h6-8H,3-5H2,1-2H3,(H,12,15)(H,13,14). The summed E-state index contributed by atoms with van der Waals surface area (Å²) in [6.45, 7) is 3.55. The summed E-state index contributed by atoms with van der Waals surface area (Å²) < 4.78 is 6.98. The number of H-pyrrole nitrogens is 1. The van der Waals surface area contributed by atoms with Crippen LogP contribution < -0.4 is 5.32 Å². The number of hydrogen-bond donors (Lipinski definition) is 2. The highest BCUT2D eigenvalue weighted by molar-refractivity contribution is 5.40. The second kappa shape index (κ2) is 5.49. The first kappa shape index (κ1) is 11.7. The van der Waals surface area contributed by atoms with E-state index in [2.05, 4.69) is 20.5 Å². The topological polar surface area (TPSA) is 67.8 Å². The van der Waals surface area contributed by atoms with Crippen LogP contribution in [0.4, 0.5) is 5.95 Å². The quantitative estimate of drug-likeness (QED) is 0.742. The molecule has 2 aromatic heterocycles. The third-order valence-electron chi connectivity index (χ3n) is 2.40. The summed E-state index contributed by atoms with van der Waals surface area (Å²) in [6, 6.07) is 0. The Morgan fingerprint density at radius 2 is 2.41 bits per heavy atom. The first-order valence-electron chi connectivity index (χ1n) is 5.59. The fourth-order valence-electron chi connectivity index (χ4n) is 1.61. The van der Waals surface area contributed by atoms with Crippen molar-refractivity contribution in [3.8, 4) is 5.69 Å². The number of ether oxygens (including phenoxy) is 1. The molecule has 0 amide bonds. The maximum atomic E-state index is 5.01. The van der Waals surface area contributed by atoms with Crippen molar-refractivity contribution in [3.05, 3.63) is 24.3 Å². The lowest BCUT2D eigenvalue weighted by molar-refractivity contribution is 0.197. The minimum Gasteiger partial charge on any atom is -0.385 e. The second-order valence-corrected chi connectivity index (χ2v) is 3.81. The van der Waals surface area contributed by atoms with Crippen LogP contribution in [0.15, 0.2) is 18.6 Å². The van der Waals surface area contributed by atoms with E-state index in [1.54, 1.807) is 13.3 Å². The van der Waals surface area contributed by atoms with Gasteiger partial charge in [-0.3, -0.25) is 9.67 Å². The highest BCUT2D eigenvalue weighted by Crippen LogP contribution is 2.14. The molecule has 2 aromatic rings. The zero-order valence-corrected chi connectivity index (χ0v) is 10.1. The van der Waals surface area contributed by atoms with E-state index in [1.807, 2.05) is 23.9 Å². The van der Waals surface area contributed by atoms with Crippen molar-refractivity contribution in [1.82, 2.24) is 19.7 Å². The van der Waals surface area contributed by atoms with E-state index >= 15 is 0 Å². The van der Waals surface area contributed by atoms with Crippen LogP contribution in [-0.4, -0.2) is 40.0 Å². The minimum absolute atomic E-state index is 0.748. The number of rotatable bonds is 6. The van der Waals surface area contributed by atoms with E-state index in [4.69, 9.17) is 4.74 Å². The number of imidazole rings is 1. The van der Waals surface area contributed by atoms with Crippen molar-refractivity contribution < 1.29 is 4.74 Å². The van der Waals surface area contributed by atoms with Crippen molar-refractivity contribution in [2.45, 2.75) is 13.3 Å². The van der Waals surface area contributed by atoms with Crippen LogP contribution in [-0.2, 0) is 4.74 Å². The number of nitrogens with one attached hydrogen (secondary N) is 2. The monoisotopic (exact) mass is 235 g/mol. The van der Waals surface area contributed by atoms with Gasteiger partial charge in [0, 0.05) is 32.7 Å². The van der Waals surface area contributed by atoms with Crippen LogP contribution in [0, 0.1) is 6.92 Å². The Morgan fingerprint density at radius 1 is 1.53 bits per heavy atom. The van der Waals surface area contributed by atoms with Gasteiger partial charge in [-0.15, -0.1) is 0 Å². The summed E-state index contributed by atoms with van der Waals surface area (Å²) in [5.41, 5.74) is 1.94. The molecule has 2 N–H and O–H groups in total. The molecule has 92 valence electrons. The predicted molar refractivity (Wildman–Crippen MR) is 65.4 cm³/mol. The zero-order chi connectivity index (χ0) is 12.1. The fraction of sp³-hybridized carbons (Fsp3) is 0.455. The lowest BCUT2D eigenvalue weighted by atomic mass is 10.4. The van der Waals surface area contributed by atoms with Gasteiger partial charge in [-0.2, -0.15) is 5.10 Å². The molecule has 2 rings (SSSR count). The van der Waals surface area contributed by atoms with E-state index in [0.717, 1.165) is 36.9 Å². The SMILES string of the molecule is COCCCNc1nc(C)cn1-c1cn[nH]c1. The third kappa shape index (κ3) is 2.85. The molecule has 0 saturated heterocycles. The van der Waals surface area contributed by atoms with Crippen molar-refractivity contribution in [3.63, 3.8) is 0 Å². The van der Waals surface area contributed by atoms with Crippen LogP contribution in [0.5, 0.6) is 0 Å². The van der Waals surface area contributed by atoms with Gasteiger partial charge < -0.3 is 10.1 Å². The van der Waals surface area contributed by atoms with Crippen LogP contribution in [0.3, 0.4) is 0 Å². The molecule has 0 atom stereocenters. The molecule has 0 bridgehead atoms. The van der Waals surface area contributed by atoms with E-state index in [1.165, 1.54) is 0 Å². The van der Waals surface area contributed by atoms with Gasteiger partial charge in [0.1, 0.15) is 0 Å². The van der Waals surface area contributed by atoms with E-state index < -0.39 is 0 Å². The average Bonchev–Trinajstić information content (AvgIpc) is 2.93. The Hall–Kier alpha value is -1.82. The van der Waals surface area contributed by atoms with Gasteiger partial charge in [-0.25, -0.2) is 4.98 Å². The van der Waals surface area contributed by atoms with E-state index in [-0.39, 0.29) is 0 Å². The number of aryl methyl sites for hydroxylation is 1. The molecule has 2 heterocycles. The van der Waals surface area contributed by atoms with Crippen molar-refractivity contribution in [1.29, 1.82) is 0 Å². The zero-order valence-electron chi connectivity index (χ0n) is 10.1. The molecule has 0 aromatic carbocycles. The first-order valence-corrected chi connectivity index (χ1v) is 5.59. The highest BCUT2D eigenvalue weighted by Gasteiger charge is 2.07. The minimum atomic E-state index is 0.748. The van der Waals surface area contributed by atoms with Crippen LogP contribution in [0.25, 0.3) is 5.69 Å². The Morgan fingerprint density at radius 3 is 3.12 bits per heavy atom. The molecule has 0 aliphatic carbocycles. The highest BCUT2D eigenvalue weighted by atomic mass is 16.5. The van der Waals surface area contributed by atoms with Crippen molar-refractivity contribution in [2.75, 3.05) is 25.6 Å². The Bertz CT molecular complexity index is 448. The summed E-state index contributed by atoms with van der Waals surface area (Å²) in [5.74, 6) is 0.833. The second-order valence-electron chi connectivity index (χ2n) is 3.81. The van der Waals surface area contributed by atoms with Crippen LogP contribution in [0.1, 0.15) is 12.1 Å². The summed E-state index contributed by atoms with van der Waals surface area (Å²) in [6.07, 6.45) is 6.53. The molecule has 6 heteroatoms. The molecule has 0 aliphatic heterocycles. The van der Waals surface area contributed by atoms with Crippen LogP contribution >= 0.6 is 0 Å². The molecule has 6 nitrogen and oxygen atoms in total. The van der Waals surface area contributed by atoms with Gasteiger partial charge in [0.15, 0.2) is 0 Å². The predicted octanol–water partition coefficient (Wildman–Crippen LogP) is 1.35. The number of hydrogen-bond acceptors (Lipinski definition) is 4. The van der Waals surface area contributed by atoms with Gasteiger partial charge in [0.25, 0.3) is 0 Å². The van der Waals surface area contributed by atoms with E-state index in [9.17, 15) is 0 Å². The Kier molecular flexibility index (Phi) is 3.77. The lowest BCUT2D eigenvalue weighted by Gasteiger charge is -2.07. The lowest BCUT2D eigenvalue weighted by Crippen LogP contribution is -2.09. The Balaban J connectivity index is 2.06.